The normalized spacial score (nSPS) is 21.6. The van der Waals surface area contributed by atoms with Crippen molar-refractivity contribution in [1.29, 1.82) is 0 Å². The molecule has 1 aliphatic heterocycles. The summed E-state index contributed by atoms with van der Waals surface area (Å²) in [5, 5.41) is 3.16. The van der Waals surface area contributed by atoms with Crippen molar-refractivity contribution in [2.24, 2.45) is 0 Å². The molecule has 1 aromatic rings. The van der Waals surface area contributed by atoms with Crippen molar-refractivity contribution in [2.45, 2.75) is 17.2 Å². The van der Waals surface area contributed by atoms with Crippen molar-refractivity contribution >= 4 is 21.4 Å². The molecule has 0 aromatic carbocycles. The van der Waals surface area contributed by atoms with Gasteiger partial charge in [-0.15, -0.1) is 11.3 Å². The lowest BCUT2D eigenvalue weighted by atomic mass is 10.3. The van der Waals surface area contributed by atoms with E-state index in [1.54, 1.807) is 12.1 Å². The lowest BCUT2D eigenvalue weighted by molar-refractivity contribution is 0.0324. The molecule has 17 heavy (non-hydrogen) atoms. The van der Waals surface area contributed by atoms with E-state index in [-0.39, 0.29) is 6.10 Å². The first-order valence-corrected chi connectivity index (χ1v) is 7.76. The summed E-state index contributed by atoms with van der Waals surface area (Å²) in [6, 6.07) is 3.43. The van der Waals surface area contributed by atoms with Crippen LogP contribution in [0.4, 0.5) is 0 Å². The average Bonchev–Trinajstić information content (AvgIpc) is 2.76. The second-order valence-corrected chi connectivity index (χ2v) is 7.20. The SMILES string of the molecule is Cc1ccc(S(=O)(=O)NCC2CNCCO2)s1. The molecule has 0 saturated carbocycles. The molecule has 0 spiro atoms. The Hall–Kier alpha value is -0.470. The van der Waals surface area contributed by atoms with Crippen LogP contribution in [0.3, 0.4) is 0 Å². The van der Waals surface area contributed by atoms with E-state index in [1.807, 2.05) is 6.92 Å². The number of hydrogen-bond acceptors (Lipinski definition) is 5. The second kappa shape index (κ2) is 5.45. The molecule has 0 aliphatic carbocycles. The van der Waals surface area contributed by atoms with Crippen molar-refractivity contribution in [2.75, 3.05) is 26.2 Å². The van der Waals surface area contributed by atoms with Crippen LogP contribution in [0.1, 0.15) is 4.88 Å². The molecule has 2 N–H and O–H groups in total. The first-order chi connectivity index (χ1) is 8.08. The summed E-state index contributed by atoms with van der Waals surface area (Å²) in [6.45, 7) is 4.34. The van der Waals surface area contributed by atoms with E-state index in [1.165, 1.54) is 11.3 Å². The minimum atomic E-state index is -3.38. The van der Waals surface area contributed by atoms with Gasteiger partial charge in [-0.3, -0.25) is 0 Å². The Kier molecular flexibility index (Phi) is 4.16. The highest BCUT2D eigenvalue weighted by molar-refractivity contribution is 7.91. The summed E-state index contributed by atoms with van der Waals surface area (Å²) in [6.07, 6.45) is -0.0837. The Morgan fingerprint density at radius 3 is 3.00 bits per heavy atom. The fraction of sp³-hybridized carbons (Fsp3) is 0.600. The van der Waals surface area contributed by atoms with Crippen LogP contribution >= 0.6 is 11.3 Å². The minimum absolute atomic E-state index is 0.0837. The third-order valence-electron chi connectivity index (χ3n) is 2.49. The van der Waals surface area contributed by atoms with Gasteiger partial charge in [0.15, 0.2) is 0 Å². The van der Waals surface area contributed by atoms with Crippen molar-refractivity contribution in [3.05, 3.63) is 17.0 Å². The van der Waals surface area contributed by atoms with Crippen LogP contribution in [-0.2, 0) is 14.8 Å². The molecule has 1 saturated heterocycles. The third kappa shape index (κ3) is 3.49. The maximum atomic E-state index is 11.9. The predicted octanol–water partition coefficient (Wildman–Crippen LogP) is 0.323. The fourth-order valence-electron chi connectivity index (χ4n) is 1.58. The van der Waals surface area contributed by atoms with Crippen LogP contribution in [0.2, 0.25) is 0 Å². The number of aryl methyl sites for hydroxylation is 1. The summed E-state index contributed by atoms with van der Waals surface area (Å²) in [7, 11) is -3.38. The predicted molar refractivity (Wildman–Crippen MR) is 66.9 cm³/mol. The highest BCUT2D eigenvalue weighted by Gasteiger charge is 2.20. The Morgan fingerprint density at radius 1 is 1.59 bits per heavy atom. The number of morpholine rings is 1. The van der Waals surface area contributed by atoms with Crippen molar-refractivity contribution in [3.63, 3.8) is 0 Å². The van der Waals surface area contributed by atoms with E-state index in [2.05, 4.69) is 10.0 Å². The third-order valence-corrected chi connectivity index (χ3v) is 5.40. The van der Waals surface area contributed by atoms with E-state index >= 15 is 0 Å². The number of hydrogen-bond donors (Lipinski definition) is 2. The number of sulfonamides is 1. The minimum Gasteiger partial charge on any atom is -0.374 e. The van der Waals surface area contributed by atoms with E-state index in [4.69, 9.17) is 4.74 Å². The van der Waals surface area contributed by atoms with Gasteiger partial charge in [-0.2, -0.15) is 0 Å². The maximum absolute atomic E-state index is 11.9. The zero-order chi connectivity index (χ0) is 12.3. The molecule has 1 atom stereocenters. The van der Waals surface area contributed by atoms with Crippen LogP contribution in [0.5, 0.6) is 0 Å². The second-order valence-electron chi connectivity index (χ2n) is 3.91. The van der Waals surface area contributed by atoms with Crippen LogP contribution in [-0.4, -0.2) is 40.8 Å². The van der Waals surface area contributed by atoms with Gasteiger partial charge >= 0.3 is 0 Å². The lowest BCUT2D eigenvalue weighted by Crippen LogP contribution is -2.45. The molecular formula is C10H16N2O3S2. The monoisotopic (exact) mass is 276 g/mol. The number of thiophene rings is 1. The van der Waals surface area contributed by atoms with Gasteiger partial charge in [0.1, 0.15) is 4.21 Å². The molecule has 0 radical (unpaired) electrons. The van der Waals surface area contributed by atoms with Crippen LogP contribution < -0.4 is 10.0 Å². The Labute approximate surface area is 105 Å². The van der Waals surface area contributed by atoms with Crippen molar-refractivity contribution in [1.82, 2.24) is 10.0 Å². The molecule has 2 heterocycles. The molecule has 1 aromatic heterocycles. The molecule has 1 aliphatic rings. The molecule has 96 valence electrons. The van der Waals surface area contributed by atoms with Gasteiger partial charge in [-0.1, -0.05) is 0 Å². The Morgan fingerprint density at radius 2 is 2.41 bits per heavy atom. The maximum Gasteiger partial charge on any atom is 0.250 e. The van der Waals surface area contributed by atoms with Gasteiger partial charge in [0.05, 0.1) is 12.7 Å². The first-order valence-electron chi connectivity index (χ1n) is 5.46. The zero-order valence-corrected chi connectivity index (χ0v) is 11.2. The van der Waals surface area contributed by atoms with Gasteiger partial charge in [0.2, 0.25) is 10.0 Å². The average molecular weight is 276 g/mol. The van der Waals surface area contributed by atoms with Crippen LogP contribution in [0.25, 0.3) is 0 Å². The molecule has 1 fully saturated rings. The van der Waals surface area contributed by atoms with E-state index in [9.17, 15) is 8.42 Å². The summed E-state index contributed by atoms with van der Waals surface area (Å²) < 4.78 is 32.2. The van der Waals surface area contributed by atoms with Crippen molar-refractivity contribution < 1.29 is 13.2 Å². The summed E-state index contributed by atoms with van der Waals surface area (Å²) in [5.41, 5.74) is 0. The highest BCUT2D eigenvalue weighted by Crippen LogP contribution is 2.20. The molecule has 5 nitrogen and oxygen atoms in total. The molecular weight excluding hydrogens is 260 g/mol. The summed E-state index contributed by atoms with van der Waals surface area (Å²) >= 11 is 1.27. The van der Waals surface area contributed by atoms with Gasteiger partial charge in [-0.25, -0.2) is 13.1 Å². The summed E-state index contributed by atoms with van der Waals surface area (Å²) in [4.78, 5) is 0.987. The molecule has 7 heteroatoms. The van der Waals surface area contributed by atoms with Crippen LogP contribution in [0.15, 0.2) is 16.3 Å². The number of ether oxygens (including phenoxy) is 1. The first kappa shape index (κ1) is 13.0. The van der Waals surface area contributed by atoms with E-state index < -0.39 is 10.0 Å². The van der Waals surface area contributed by atoms with Gasteiger partial charge in [0.25, 0.3) is 0 Å². The van der Waals surface area contributed by atoms with Gasteiger partial charge in [0, 0.05) is 24.5 Å². The fourth-order valence-corrected chi connectivity index (χ4v) is 3.98. The van der Waals surface area contributed by atoms with Crippen molar-refractivity contribution in [3.8, 4) is 0 Å². The molecule has 0 amide bonds. The molecule has 2 rings (SSSR count). The quantitative estimate of drug-likeness (QED) is 0.831. The topological polar surface area (TPSA) is 67.4 Å². The van der Waals surface area contributed by atoms with E-state index in [0.717, 1.165) is 11.4 Å². The van der Waals surface area contributed by atoms with E-state index in [0.29, 0.717) is 23.9 Å². The molecule has 1 unspecified atom stereocenters. The molecule has 0 bridgehead atoms. The largest absolute Gasteiger partial charge is 0.374 e. The lowest BCUT2D eigenvalue weighted by Gasteiger charge is -2.23. The highest BCUT2D eigenvalue weighted by atomic mass is 32.2. The van der Waals surface area contributed by atoms with Gasteiger partial charge in [-0.05, 0) is 19.1 Å². The Balaban J connectivity index is 1.93. The zero-order valence-electron chi connectivity index (χ0n) is 9.60. The number of rotatable bonds is 4. The Bertz CT molecular complexity index is 464. The smallest absolute Gasteiger partial charge is 0.250 e. The standard InChI is InChI=1S/C10H16N2O3S2/c1-8-2-3-10(16-8)17(13,14)12-7-9-6-11-4-5-15-9/h2-3,9,11-12H,4-7H2,1H3. The van der Waals surface area contributed by atoms with Gasteiger partial charge < -0.3 is 10.1 Å². The number of nitrogens with one attached hydrogen (secondary N) is 2. The van der Waals surface area contributed by atoms with Crippen LogP contribution in [0, 0.1) is 6.92 Å². The summed E-state index contributed by atoms with van der Waals surface area (Å²) in [5.74, 6) is 0.